The van der Waals surface area contributed by atoms with Crippen LogP contribution in [0.3, 0.4) is 0 Å². The van der Waals surface area contributed by atoms with Gasteiger partial charge in [-0.25, -0.2) is 0 Å². The molecule has 3 saturated heterocycles. The van der Waals surface area contributed by atoms with Gasteiger partial charge in [-0.3, -0.25) is 9.80 Å². The van der Waals surface area contributed by atoms with Crippen molar-refractivity contribution in [3.05, 3.63) is 65.7 Å². The smallest absolute Gasteiger partial charge is 0.119 e. The summed E-state index contributed by atoms with van der Waals surface area (Å²) in [6.45, 7) is 16.1. The van der Waals surface area contributed by atoms with Crippen LogP contribution in [0.4, 0.5) is 0 Å². The zero-order chi connectivity index (χ0) is 30.1. The maximum absolute atomic E-state index is 6.30. The normalized spacial score (nSPS) is 23.5. The monoisotopic (exact) mass is 611 g/mol. The fourth-order valence-electron chi connectivity index (χ4n) is 6.37. The number of hydrogen-bond acceptors (Lipinski definition) is 9. The molecule has 0 aromatic heterocycles. The van der Waals surface area contributed by atoms with Crippen LogP contribution in [0, 0.1) is 11.8 Å². The van der Waals surface area contributed by atoms with E-state index in [1.165, 1.54) is 11.1 Å². The van der Waals surface area contributed by atoms with Crippen LogP contribution in [-0.2, 0) is 30.3 Å². The first kappa shape index (κ1) is 33.3. The van der Waals surface area contributed by atoms with Crippen molar-refractivity contribution in [2.24, 2.45) is 11.8 Å². The van der Waals surface area contributed by atoms with Gasteiger partial charge in [0.15, 0.2) is 0 Å². The standard InChI is InChI=1S/C35H53N3O6/c1-2-5-30(6-3-1)27-41-17-4-18-44-34-9-7-31(8-10-34)35-32(28-42-23-15-37-11-19-39-20-12-37)25-36-26-33(35)29-43-24-16-38-13-21-40-22-14-38/h1-3,5-10,32-33,35-36H,4,11-29H2/t32-,33+,35?. The van der Waals surface area contributed by atoms with Crippen LogP contribution in [0.25, 0.3) is 0 Å². The van der Waals surface area contributed by atoms with E-state index in [1.807, 2.05) is 18.2 Å². The highest BCUT2D eigenvalue weighted by Crippen LogP contribution is 2.36. The molecular formula is C35H53N3O6. The molecule has 3 heterocycles. The van der Waals surface area contributed by atoms with Crippen molar-refractivity contribution < 1.29 is 28.4 Å². The molecule has 3 atom stereocenters. The van der Waals surface area contributed by atoms with Gasteiger partial charge in [0, 0.05) is 70.6 Å². The van der Waals surface area contributed by atoms with Gasteiger partial charge in [-0.05, 0) is 29.2 Å². The van der Waals surface area contributed by atoms with Gasteiger partial charge >= 0.3 is 0 Å². The summed E-state index contributed by atoms with van der Waals surface area (Å²) in [5.74, 6) is 2.04. The van der Waals surface area contributed by atoms with E-state index in [-0.39, 0.29) is 0 Å². The lowest BCUT2D eigenvalue weighted by molar-refractivity contribution is -0.00180. The number of nitrogens with one attached hydrogen (secondary N) is 1. The molecule has 1 unspecified atom stereocenters. The van der Waals surface area contributed by atoms with Gasteiger partial charge in [-0.2, -0.15) is 0 Å². The molecule has 1 N–H and O–H groups in total. The Balaban J connectivity index is 1.10. The Morgan fingerprint density at radius 2 is 1.25 bits per heavy atom. The summed E-state index contributed by atoms with van der Waals surface area (Å²) in [6.07, 6.45) is 0.858. The third kappa shape index (κ3) is 11.4. The second-order valence-corrected chi connectivity index (χ2v) is 12.1. The lowest BCUT2D eigenvalue weighted by Gasteiger charge is -2.39. The first-order chi connectivity index (χ1) is 21.8. The maximum atomic E-state index is 6.30. The predicted octanol–water partition coefficient (Wildman–Crippen LogP) is 3.29. The highest BCUT2D eigenvalue weighted by Gasteiger charge is 2.35. The van der Waals surface area contributed by atoms with Crippen LogP contribution < -0.4 is 10.1 Å². The Kier molecular flexibility index (Phi) is 14.7. The van der Waals surface area contributed by atoms with Crippen molar-refractivity contribution in [1.82, 2.24) is 15.1 Å². The summed E-state index contributed by atoms with van der Waals surface area (Å²) in [5.41, 5.74) is 2.54. The molecule has 0 spiro atoms. The number of benzene rings is 2. The third-order valence-corrected chi connectivity index (χ3v) is 8.88. The number of morpholine rings is 2. The highest BCUT2D eigenvalue weighted by atomic mass is 16.5. The summed E-state index contributed by atoms with van der Waals surface area (Å²) in [4.78, 5) is 4.86. The van der Waals surface area contributed by atoms with Crippen LogP contribution in [0.1, 0.15) is 23.5 Å². The predicted molar refractivity (Wildman–Crippen MR) is 171 cm³/mol. The molecule has 0 saturated carbocycles. The fraction of sp³-hybridized carbons (Fsp3) is 0.657. The van der Waals surface area contributed by atoms with Crippen molar-refractivity contribution in [2.75, 3.05) is 118 Å². The molecule has 0 amide bonds. The molecule has 2 aromatic rings. The Labute approximate surface area is 264 Å². The molecule has 5 rings (SSSR count). The summed E-state index contributed by atoms with van der Waals surface area (Å²) < 4.78 is 35.4. The summed E-state index contributed by atoms with van der Waals surface area (Å²) in [5, 5.41) is 3.68. The summed E-state index contributed by atoms with van der Waals surface area (Å²) in [7, 11) is 0. The van der Waals surface area contributed by atoms with E-state index in [9.17, 15) is 0 Å². The molecule has 3 aliphatic rings. The van der Waals surface area contributed by atoms with Gasteiger partial charge in [0.1, 0.15) is 5.75 Å². The lowest BCUT2D eigenvalue weighted by Crippen LogP contribution is -2.46. The Morgan fingerprint density at radius 1 is 0.659 bits per heavy atom. The topological polar surface area (TPSA) is 73.9 Å². The molecule has 9 heteroatoms. The lowest BCUT2D eigenvalue weighted by atomic mass is 9.75. The van der Waals surface area contributed by atoms with Crippen molar-refractivity contribution in [3.8, 4) is 5.75 Å². The molecule has 0 bridgehead atoms. The van der Waals surface area contributed by atoms with Crippen molar-refractivity contribution in [2.45, 2.75) is 18.9 Å². The van der Waals surface area contributed by atoms with Crippen LogP contribution in [0.2, 0.25) is 0 Å². The number of piperidine rings is 1. The minimum Gasteiger partial charge on any atom is -0.494 e. The number of hydrogen-bond donors (Lipinski definition) is 1. The molecule has 2 aromatic carbocycles. The zero-order valence-corrected chi connectivity index (χ0v) is 26.4. The molecule has 9 nitrogen and oxygen atoms in total. The maximum Gasteiger partial charge on any atom is 0.119 e. The number of rotatable bonds is 18. The fourth-order valence-corrected chi connectivity index (χ4v) is 6.37. The van der Waals surface area contributed by atoms with E-state index in [2.05, 4.69) is 51.5 Å². The highest BCUT2D eigenvalue weighted by molar-refractivity contribution is 5.31. The van der Waals surface area contributed by atoms with E-state index in [1.54, 1.807) is 0 Å². The zero-order valence-electron chi connectivity index (χ0n) is 26.4. The van der Waals surface area contributed by atoms with E-state index in [0.29, 0.717) is 37.6 Å². The van der Waals surface area contributed by atoms with Gasteiger partial charge < -0.3 is 33.7 Å². The van der Waals surface area contributed by atoms with E-state index in [0.717, 1.165) is 117 Å². The largest absolute Gasteiger partial charge is 0.494 e. The van der Waals surface area contributed by atoms with E-state index >= 15 is 0 Å². The van der Waals surface area contributed by atoms with Crippen LogP contribution >= 0.6 is 0 Å². The van der Waals surface area contributed by atoms with Gasteiger partial charge in [-0.1, -0.05) is 42.5 Å². The first-order valence-corrected chi connectivity index (χ1v) is 16.7. The van der Waals surface area contributed by atoms with Gasteiger partial charge in [0.2, 0.25) is 0 Å². The molecule has 44 heavy (non-hydrogen) atoms. The molecule has 3 fully saturated rings. The van der Waals surface area contributed by atoms with E-state index < -0.39 is 0 Å². The van der Waals surface area contributed by atoms with Crippen LogP contribution in [0.5, 0.6) is 5.75 Å². The minimum absolute atomic E-state index is 0.364. The SMILES string of the molecule is c1ccc(COCCCOc2ccc(C3[C@@H](COCCN4CCOCC4)CNC[C@H]3COCCN3CCOCC3)cc2)cc1. The molecule has 0 radical (unpaired) electrons. The number of nitrogens with zero attached hydrogens (tertiary/aromatic N) is 2. The van der Waals surface area contributed by atoms with Gasteiger partial charge in [0.25, 0.3) is 0 Å². The third-order valence-electron chi connectivity index (χ3n) is 8.88. The van der Waals surface area contributed by atoms with Crippen LogP contribution in [-0.4, -0.2) is 128 Å². The van der Waals surface area contributed by atoms with Gasteiger partial charge in [-0.15, -0.1) is 0 Å². The first-order valence-electron chi connectivity index (χ1n) is 16.7. The average Bonchev–Trinajstić information content (AvgIpc) is 3.08. The Morgan fingerprint density at radius 3 is 1.84 bits per heavy atom. The molecule has 244 valence electrons. The van der Waals surface area contributed by atoms with Crippen LogP contribution in [0.15, 0.2) is 54.6 Å². The minimum atomic E-state index is 0.364. The second-order valence-electron chi connectivity index (χ2n) is 12.1. The molecule has 0 aliphatic carbocycles. The molecular weight excluding hydrogens is 558 g/mol. The van der Waals surface area contributed by atoms with E-state index in [4.69, 9.17) is 28.4 Å². The molecule has 3 aliphatic heterocycles. The Hall–Kier alpha value is -2.08. The quantitative estimate of drug-likeness (QED) is 0.256. The Bertz CT molecular complexity index is 983. The van der Waals surface area contributed by atoms with Crippen molar-refractivity contribution in [1.29, 1.82) is 0 Å². The number of ether oxygens (including phenoxy) is 6. The van der Waals surface area contributed by atoms with Crippen molar-refractivity contribution in [3.63, 3.8) is 0 Å². The summed E-state index contributed by atoms with van der Waals surface area (Å²) >= 11 is 0. The summed E-state index contributed by atoms with van der Waals surface area (Å²) in [6, 6.07) is 19.0. The average molecular weight is 612 g/mol. The van der Waals surface area contributed by atoms with Gasteiger partial charge in [0.05, 0.1) is 72.7 Å². The second kappa shape index (κ2) is 19.4. The van der Waals surface area contributed by atoms with Crippen molar-refractivity contribution >= 4 is 0 Å².